The summed E-state index contributed by atoms with van der Waals surface area (Å²) in [5.41, 5.74) is 1.82. The van der Waals surface area contributed by atoms with Gasteiger partial charge in [0.2, 0.25) is 0 Å². The van der Waals surface area contributed by atoms with Gasteiger partial charge in [0.1, 0.15) is 12.1 Å². The zero-order valence-electron chi connectivity index (χ0n) is 11.2. The van der Waals surface area contributed by atoms with E-state index in [9.17, 15) is 0 Å². The number of nitrogens with zero attached hydrogens (tertiary/aromatic N) is 3. The molecule has 19 heavy (non-hydrogen) atoms. The topological polar surface area (TPSA) is 62.9 Å². The monoisotopic (exact) mass is 254 g/mol. The van der Waals surface area contributed by atoms with E-state index in [0.29, 0.717) is 17.2 Å². The first-order chi connectivity index (χ1) is 9.26. The van der Waals surface area contributed by atoms with Crippen LogP contribution in [0.2, 0.25) is 0 Å². The first-order valence-corrected chi connectivity index (χ1v) is 6.70. The van der Waals surface area contributed by atoms with E-state index in [1.54, 1.807) is 12.1 Å². The van der Waals surface area contributed by atoms with Crippen molar-refractivity contribution in [2.24, 2.45) is 0 Å². The van der Waals surface area contributed by atoms with E-state index < -0.39 is 0 Å². The lowest BCUT2D eigenvalue weighted by Crippen LogP contribution is -2.38. The molecule has 1 aromatic rings. The third-order valence-electron chi connectivity index (χ3n) is 3.67. The second-order valence-corrected chi connectivity index (χ2v) is 4.84. The van der Waals surface area contributed by atoms with Crippen molar-refractivity contribution in [3.63, 3.8) is 0 Å². The maximum atomic E-state index is 9.01. The summed E-state index contributed by atoms with van der Waals surface area (Å²) in [7, 11) is 0. The summed E-state index contributed by atoms with van der Waals surface area (Å²) >= 11 is 0. The Labute approximate surface area is 114 Å². The van der Waals surface area contributed by atoms with E-state index in [4.69, 9.17) is 10.5 Å². The molecule has 1 N–H and O–H groups in total. The number of anilines is 1. The quantitative estimate of drug-likeness (QED) is 0.899. The molecule has 0 atom stereocenters. The molecule has 0 bridgehead atoms. The number of nitriles is 2. The first-order valence-electron chi connectivity index (χ1n) is 6.70. The predicted octanol–water partition coefficient (Wildman–Crippen LogP) is 2.33. The van der Waals surface area contributed by atoms with Crippen LogP contribution in [0.3, 0.4) is 0 Å². The Morgan fingerprint density at radius 2 is 1.89 bits per heavy atom. The van der Waals surface area contributed by atoms with E-state index in [2.05, 4.69) is 23.2 Å². The number of hydrogen-bond acceptors (Lipinski definition) is 4. The fourth-order valence-electron chi connectivity index (χ4n) is 2.45. The Morgan fingerprint density at radius 3 is 2.47 bits per heavy atom. The Kier molecular flexibility index (Phi) is 4.39. The molecule has 0 aliphatic carbocycles. The summed E-state index contributed by atoms with van der Waals surface area (Å²) in [6.45, 7) is 5.54. The third kappa shape index (κ3) is 3.24. The molecular formula is C15H18N4. The van der Waals surface area contributed by atoms with Crippen LogP contribution in [0, 0.1) is 22.7 Å². The van der Waals surface area contributed by atoms with Crippen molar-refractivity contribution in [3.05, 3.63) is 29.3 Å². The van der Waals surface area contributed by atoms with Gasteiger partial charge in [0.05, 0.1) is 11.1 Å². The Morgan fingerprint density at radius 1 is 1.21 bits per heavy atom. The average molecular weight is 254 g/mol. The van der Waals surface area contributed by atoms with Gasteiger partial charge in [-0.05, 0) is 37.6 Å². The maximum absolute atomic E-state index is 9.01. The van der Waals surface area contributed by atoms with E-state index in [-0.39, 0.29) is 0 Å². The fourth-order valence-corrected chi connectivity index (χ4v) is 2.45. The van der Waals surface area contributed by atoms with Crippen LogP contribution in [-0.2, 0) is 0 Å². The molecule has 1 aliphatic rings. The van der Waals surface area contributed by atoms with Crippen molar-refractivity contribution in [1.29, 1.82) is 10.5 Å². The van der Waals surface area contributed by atoms with Gasteiger partial charge in [-0.25, -0.2) is 0 Å². The first kappa shape index (κ1) is 13.4. The van der Waals surface area contributed by atoms with Crippen LogP contribution in [0.5, 0.6) is 0 Å². The molecule has 4 heteroatoms. The van der Waals surface area contributed by atoms with Crippen LogP contribution in [0.15, 0.2) is 18.2 Å². The molecule has 1 aliphatic heterocycles. The lowest BCUT2D eigenvalue weighted by Gasteiger charge is -2.32. The highest BCUT2D eigenvalue weighted by molar-refractivity contribution is 5.56. The number of likely N-dealkylation sites (tertiary alicyclic amines) is 1. The maximum Gasteiger partial charge on any atom is 0.101 e. The SMILES string of the molecule is CCN1CCC(Nc2ccc(C#N)c(C#N)c2)CC1. The largest absolute Gasteiger partial charge is 0.382 e. The Bertz CT molecular complexity index is 516. The van der Waals surface area contributed by atoms with Crippen LogP contribution in [0.25, 0.3) is 0 Å². The van der Waals surface area contributed by atoms with E-state index in [1.807, 2.05) is 12.1 Å². The number of rotatable bonds is 3. The van der Waals surface area contributed by atoms with Gasteiger partial charge in [0.15, 0.2) is 0 Å². The van der Waals surface area contributed by atoms with Gasteiger partial charge in [-0.1, -0.05) is 6.92 Å². The van der Waals surface area contributed by atoms with Crippen LogP contribution >= 0.6 is 0 Å². The average Bonchev–Trinajstić information content (AvgIpc) is 2.48. The lowest BCUT2D eigenvalue weighted by molar-refractivity contribution is 0.229. The van der Waals surface area contributed by atoms with Crippen molar-refractivity contribution in [2.75, 3.05) is 25.0 Å². The fraction of sp³-hybridized carbons (Fsp3) is 0.467. The molecule has 98 valence electrons. The molecule has 4 nitrogen and oxygen atoms in total. The number of hydrogen-bond donors (Lipinski definition) is 1. The molecule has 0 radical (unpaired) electrons. The summed E-state index contributed by atoms with van der Waals surface area (Å²) in [6.07, 6.45) is 2.24. The van der Waals surface area contributed by atoms with Crippen molar-refractivity contribution < 1.29 is 0 Å². The summed E-state index contributed by atoms with van der Waals surface area (Å²) < 4.78 is 0. The molecule has 1 saturated heterocycles. The molecule has 0 spiro atoms. The lowest BCUT2D eigenvalue weighted by atomic mass is 10.0. The van der Waals surface area contributed by atoms with Crippen molar-refractivity contribution in [2.45, 2.75) is 25.8 Å². The predicted molar refractivity (Wildman–Crippen MR) is 74.6 cm³/mol. The van der Waals surface area contributed by atoms with Crippen LogP contribution in [-0.4, -0.2) is 30.6 Å². The highest BCUT2D eigenvalue weighted by Gasteiger charge is 2.17. The second kappa shape index (κ2) is 6.22. The van der Waals surface area contributed by atoms with Gasteiger partial charge in [0.25, 0.3) is 0 Å². The van der Waals surface area contributed by atoms with E-state index in [1.165, 1.54) is 0 Å². The van der Waals surface area contributed by atoms with E-state index >= 15 is 0 Å². The molecule has 0 saturated carbocycles. The molecule has 1 fully saturated rings. The second-order valence-electron chi connectivity index (χ2n) is 4.84. The molecule has 0 unspecified atom stereocenters. The smallest absolute Gasteiger partial charge is 0.101 e. The Balaban J connectivity index is 2.01. The standard InChI is InChI=1S/C15H18N4/c1-2-19-7-5-14(6-8-19)18-15-4-3-12(10-16)13(9-15)11-17/h3-4,9,14,18H,2,5-8H2,1H3. The molecule has 1 aromatic carbocycles. The van der Waals surface area contributed by atoms with Crippen LogP contribution < -0.4 is 5.32 Å². The summed E-state index contributed by atoms with van der Waals surface area (Å²) in [6, 6.07) is 9.92. The van der Waals surface area contributed by atoms with Gasteiger partial charge >= 0.3 is 0 Å². The van der Waals surface area contributed by atoms with Gasteiger partial charge in [-0.15, -0.1) is 0 Å². The van der Waals surface area contributed by atoms with Gasteiger partial charge < -0.3 is 10.2 Å². The van der Waals surface area contributed by atoms with Crippen molar-refractivity contribution in [3.8, 4) is 12.1 Å². The molecule has 1 heterocycles. The number of piperidine rings is 1. The minimum Gasteiger partial charge on any atom is -0.382 e. The molecule has 2 rings (SSSR count). The van der Waals surface area contributed by atoms with Gasteiger partial charge in [-0.2, -0.15) is 10.5 Å². The summed E-state index contributed by atoms with van der Waals surface area (Å²) in [4.78, 5) is 2.44. The normalized spacial score (nSPS) is 16.6. The minimum atomic E-state index is 0.439. The summed E-state index contributed by atoms with van der Waals surface area (Å²) in [5.74, 6) is 0. The number of nitrogens with one attached hydrogen (secondary N) is 1. The molecule has 0 aromatic heterocycles. The molecular weight excluding hydrogens is 236 g/mol. The zero-order chi connectivity index (χ0) is 13.7. The van der Waals surface area contributed by atoms with Gasteiger partial charge in [-0.3, -0.25) is 0 Å². The Hall–Kier alpha value is -2.04. The highest BCUT2D eigenvalue weighted by atomic mass is 15.1. The number of benzene rings is 1. The van der Waals surface area contributed by atoms with Crippen molar-refractivity contribution in [1.82, 2.24) is 4.90 Å². The zero-order valence-corrected chi connectivity index (χ0v) is 11.2. The summed E-state index contributed by atoms with van der Waals surface area (Å²) in [5, 5.41) is 21.4. The van der Waals surface area contributed by atoms with Crippen LogP contribution in [0.4, 0.5) is 5.69 Å². The van der Waals surface area contributed by atoms with Crippen molar-refractivity contribution >= 4 is 5.69 Å². The van der Waals surface area contributed by atoms with E-state index in [0.717, 1.165) is 38.2 Å². The minimum absolute atomic E-state index is 0.439. The third-order valence-corrected chi connectivity index (χ3v) is 3.67. The van der Waals surface area contributed by atoms with Crippen LogP contribution in [0.1, 0.15) is 30.9 Å². The molecule has 0 amide bonds. The highest BCUT2D eigenvalue weighted by Crippen LogP contribution is 2.19. The van der Waals surface area contributed by atoms with Gasteiger partial charge in [0, 0.05) is 24.8 Å².